The molecule has 5 rings (SSSR count). The number of aliphatic hydroxyl groups excluding tert-OH is 1. The smallest absolute Gasteiger partial charge is 0.155 e. The highest BCUT2D eigenvalue weighted by molar-refractivity contribution is 7.79. The number of ether oxygens (including phenoxy) is 3. The van der Waals surface area contributed by atoms with Crippen LogP contribution in [0.15, 0.2) is 121 Å². The van der Waals surface area contributed by atoms with Crippen molar-refractivity contribution in [3.05, 3.63) is 132 Å². The van der Waals surface area contributed by atoms with Crippen molar-refractivity contribution in [2.24, 2.45) is 0 Å². The first-order valence-electron chi connectivity index (χ1n) is 13.0. The number of benzene rings is 4. The van der Waals surface area contributed by atoms with Crippen molar-refractivity contribution in [1.82, 2.24) is 0 Å². The van der Waals surface area contributed by atoms with Crippen LogP contribution in [0.2, 0.25) is 0 Å². The van der Waals surface area contributed by atoms with Crippen LogP contribution in [0.5, 0.6) is 0 Å². The predicted molar refractivity (Wildman–Crippen MR) is 150 cm³/mol. The number of hydrogen-bond acceptors (Lipinski definition) is 5. The maximum atomic E-state index is 15.3. The topological polar surface area (TPSA) is 65.0 Å². The van der Waals surface area contributed by atoms with E-state index in [2.05, 4.69) is 0 Å². The maximum Gasteiger partial charge on any atom is 0.155 e. The van der Waals surface area contributed by atoms with Crippen molar-refractivity contribution >= 4 is 17.8 Å². The van der Waals surface area contributed by atoms with Crippen molar-refractivity contribution in [3.63, 3.8) is 0 Å². The average Bonchev–Trinajstić information content (AvgIpc) is 2.98. The molecule has 38 heavy (non-hydrogen) atoms. The van der Waals surface area contributed by atoms with Gasteiger partial charge in [0.1, 0.15) is 13.2 Å². The van der Waals surface area contributed by atoms with Gasteiger partial charge in [0.15, 0.2) is 6.29 Å². The summed E-state index contributed by atoms with van der Waals surface area (Å²) < 4.78 is 33.9. The summed E-state index contributed by atoms with van der Waals surface area (Å²) >= 11 is 0. The van der Waals surface area contributed by atoms with Gasteiger partial charge in [0.05, 0.1) is 31.6 Å². The Morgan fingerprint density at radius 2 is 1.18 bits per heavy atom. The van der Waals surface area contributed by atoms with Gasteiger partial charge in [-0.1, -0.05) is 121 Å². The highest BCUT2D eigenvalue weighted by Gasteiger charge is 2.49. The number of aliphatic hydroxyl groups is 1. The minimum atomic E-state index is -3.26. The van der Waals surface area contributed by atoms with Gasteiger partial charge in [-0.15, -0.1) is 0 Å². The Morgan fingerprint density at radius 3 is 1.71 bits per heavy atom. The van der Waals surface area contributed by atoms with Gasteiger partial charge in [0.2, 0.25) is 0 Å². The molecule has 0 saturated carbocycles. The molecule has 1 unspecified atom stereocenters. The van der Waals surface area contributed by atoms with Crippen LogP contribution in [0, 0.1) is 0 Å². The maximum absolute atomic E-state index is 15.3. The Hall–Kier alpha value is -3.05. The molecule has 4 aromatic carbocycles. The fourth-order valence-corrected chi connectivity index (χ4v) is 8.56. The third-order valence-electron chi connectivity index (χ3n) is 6.95. The Morgan fingerprint density at radius 1 is 0.711 bits per heavy atom. The fraction of sp³-hybridized carbons (Fsp3) is 0.250. The van der Waals surface area contributed by atoms with E-state index in [1.165, 1.54) is 0 Å². The zero-order valence-corrected chi connectivity index (χ0v) is 22.1. The molecule has 0 aromatic heterocycles. The van der Waals surface area contributed by atoms with Gasteiger partial charge < -0.3 is 23.9 Å². The van der Waals surface area contributed by atoms with Crippen molar-refractivity contribution < 1.29 is 23.9 Å². The van der Waals surface area contributed by atoms with Crippen LogP contribution in [0.4, 0.5) is 0 Å². The summed E-state index contributed by atoms with van der Waals surface area (Å²) in [5, 5.41) is 12.3. The molecule has 196 valence electrons. The van der Waals surface area contributed by atoms with Crippen LogP contribution in [-0.4, -0.2) is 35.9 Å². The lowest BCUT2D eigenvalue weighted by atomic mass is 10.0. The Kier molecular flexibility index (Phi) is 8.85. The minimum absolute atomic E-state index is 0.190. The van der Waals surface area contributed by atoms with Crippen molar-refractivity contribution in [1.29, 1.82) is 0 Å². The zero-order chi connectivity index (χ0) is 26.2. The first-order valence-corrected chi connectivity index (χ1v) is 14.7. The summed E-state index contributed by atoms with van der Waals surface area (Å²) in [5.74, 6) is 0. The van der Waals surface area contributed by atoms with Gasteiger partial charge in [0, 0.05) is 17.0 Å². The first kappa shape index (κ1) is 26.6. The van der Waals surface area contributed by atoms with Crippen LogP contribution < -0.4 is 10.6 Å². The first-order chi connectivity index (χ1) is 18.6. The highest BCUT2D eigenvalue weighted by atomic mass is 31.2. The van der Waals surface area contributed by atoms with E-state index in [1.54, 1.807) is 0 Å². The van der Waals surface area contributed by atoms with Crippen LogP contribution >= 0.6 is 7.14 Å². The lowest BCUT2D eigenvalue weighted by molar-refractivity contribution is -0.223. The third kappa shape index (κ3) is 6.15. The summed E-state index contributed by atoms with van der Waals surface area (Å²) in [6.45, 7) is 0.938. The van der Waals surface area contributed by atoms with E-state index >= 15 is 4.57 Å². The second-order valence-corrected chi connectivity index (χ2v) is 12.5. The van der Waals surface area contributed by atoms with Crippen LogP contribution in [0.25, 0.3) is 0 Å². The van der Waals surface area contributed by atoms with Gasteiger partial charge >= 0.3 is 0 Å². The second-order valence-electron chi connectivity index (χ2n) is 9.52. The molecule has 0 aliphatic carbocycles. The number of hydrogen-bond donors (Lipinski definition) is 1. The summed E-state index contributed by atoms with van der Waals surface area (Å²) in [6, 6.07) is 38.9. The summed E-state index contributed by atoms with van der Waals surface area (Å²) in [4.78, 5) is 0. The highest BCUT2D eigenvalue weighted by Crippen LogP contribution is 2.54. The largest absolute Gasteiger partial charge is 0.374 e. The normalized spacial score (nSPS) is 21.7. The summed E-state index contributed by atoms with van der Waals surface area (Å²) in [6.07, 6.45) is -2.06. The van der Waals surface area contributed by atoms with Crippen molar-refractivity contribution in [2.45, 2.75) is 43.8 Å². The molecule has 4 atom stereocenters. The molecule has 4 aromatic rings. The van der Waals surface area contributed by atoms with E-state index in [0.717, 1.165) is 21.7 Å². The van der Waals surface area contributed by atoms with E-state index < -0.39 is 31.3 Å². The Balaban J connectivity index is 1.49. The molecule has 5 nitrogen and oxygen atoms in total. The van der Waals surface area contributed by atoms with Crippen molar-refractivity contribution in [3.8, 4) is 0 Å². The van der Waals surface area contributed by atoms with Crippen LogP contribution in [-0.2, 0) is 32.0 Å². The molecule has 1 N–H and O–H groups in total. The van der Waals surface area contributed by atoms with Gasteiger partial charge in [-0.2, -0.15) is 0 Å². The molecule has 6 heteroatoms. The lowest BCUT2D eigenvalue weighted by Gasteiger charge is -2.43. The van der Waals surface area contributed by atoms with Gasteiger partial charge in [-0.3, -0.25) is 0 Å². The molecule has 1 heterocycles. The van der Waals surface area contributed by atoms with Gasteiger partial charge in [0.25, 0.3) is 0 Å². The van der Waals surface area contributed by atoms with E-state index in [-0.39, 0.29) is 13.0 Å². The SMILES string of the molecule is O=P(c1ccccc1)(c1ccccc1)[C@H]1CC(O)O[C@H](COCc2ccccc2)[C@@H]1OCc1ccccc1. The third-order valence-corrected chi connectivity index (χ3v) is 10.5. The quantitative estimate of drug-likeness (QED) is 0.284. The van der Waals surface area contributed by atoms with Crippen LogP contribution in [0.1, 0.15) is 17.5 Å². The standard InChI is InChI=1S/C32H33O5P/c33-31-21-30(38(34,27-17-9-3-10-18-27)28-19-11-4-12-20-28)32(36-23-26-15-7-2-8-16-26)29(37-31)24-35-22-25-13-5-1-6-14-25/h1-20,29-33H,21-24H2/t29-,30+,31?,32+/m1/s1. The molecule has 1 aliphatic rings. The molecule has 1 saturated heterocycles. The Labute approximate surface area is 224 Å². The zero-order valence-electron chi connectivity index (χ0n) is 21.2. The number of rotatable bonds is 10. The lowest BCUT2D eigenvalue weighted by Crippen LogP contribution is -2.53. The molecule has 1 aliphatic heterocycles. The van der Waals surface area contributed by atoms with Crippen molar-refractivity contribution in [2.75, 3.05) is 6.61 Å². The molecule has 0 bridgehead atoms. The van der Waals surface area contributed by atoms with Gasteiger partial charge in [-0.05, 0) is 11.1 Å². The molecular formula is C32H33O5P. The van der Waals surface area contributed by atoms with E-state index in [0.29, 0.717) is 13.2 Å². The molecule has 1 fully saturated rings. The Bertz CT molecular complexity index is 1260. The molecular weight excluding hydrogens is 495 g/mol. The molecule has 0 spiro atoms. The van der Waals surface area contributed by atoms with E-state index in [1.807, 2.05) is 121 Å². The second kappa shape index (κ2) is 12.7. The fourth-order valence-electron chi connectivity index (χ4n) is 5.10. The molecule has 0 radical (unpaired) electrons. The summed E-state index contributed by atoms with van der Waals surface area (Å²) in [7, 11) is -3.26. The van der Waals surface area contributed by atoms with E-state index in [9.17, 15) is 5.11 Å². The van der Waals surface area contributed by atoms with E-state index in [4.69, 9.17) is 14.2 Å². The van der Waals surface area contributed by atoms with Gasteiger partial charge in [-0.25, -0.2) is 0 Å². The molecule has 0 amide bonds. The predicted octanol–water partition coefficient (Wildman–Crippen LogP) is 5.28. The monoisotopic (exact) mass is 528 g/mol. The summed E-state index contributed by atoms with van der Waals surface area (Å²) in [5.41, 5.74) is 1.54. The van der Waals surface area contributed by atoms with Crippen LogP contribution in [0.3, 0.4) is 0 Å². The average molecular weight is 529 g/mol. The minimum Gasteiger partial charge on any atom is -0.374 e.